The number of fused-ring (bicyclic) bond motifs is 1. The molecule has 2 aromatic heterocycles. The van der Waals surface area contributed by atoms with Gasteiger partial charge in [0, 0.05) is 29.6 Å². The van der Waals surface area contributed by atoms with Gasteiger partial charge >= 0.3 is 0 Å². The van der Waals surface area contributed by atoms with Gasteiger partial charge in [0.25, 0.3) is 0 Å². The van der Waals surface area contributed by atoms with Crippen molar-refractivity contribution in [3.05, 3.63) is 48.4 Å². The Bertz CT molecular complexity index is 737. The first-order valence-electron chi connectivity index (χ1n) is 6.25. The number of benzene rings is 1. The fourth-order valence-corrected chi connectivity index (χ4v) is 2.06. The molecule has 0 spiro atoms. The van der Waals surface area contributed by atoms with E-state index in [1.54, 1.807) is 12.3 Å². The number of aromatic nitrogens is 3. The van der Waals surface area contributed by atoms with Crippen LogP contribution in [-0.4, -0.2) is 15.0 Å². The van der Waals surface area contributed by atoms with Crippen LogP contribution in [0.4, 0.5) is 5.82 Å². The molecule has 1 aromatic carbocycles. The predicted molar refractivity (Wildman–Crippen MR) is 76.6 cm³/mol. The summed E-state index contributed by atoms with van der Waals surface area (Å²) in [6.07, 6.45) is 2.56. The van der Waals surface area contributed by atoms with Crippen molar-refractivity contribution in [2.75, 3.05) is 5.73 Å². The average Bonchev–Trinajstić information content (AvgIpc) is 2.46. The molecule has 0 radical (unpaired) electrons. The Kier molecular flexibility index (Phi) is 2.83. The monoisotopic (exact) mass is 250 g/mol. The lowest BCUT2D eigenvalue weighted by molar-refractivity contribution is 0.949. The van der Waals surface area contributed by atoms with Gasteiger partial charge in [-0.05, 0) is 18.2 Å². The van der Waals surface area contributed by atoms with E-state index in [4.69, 9.17) is 5.73 Å². The summed E-state index contributed by atoms with van der Waals surface area (Å²) in [4.78, 5) is 13.0. The molecule has 0 atom stereocenters. The van der Waals surface area contributed by atoms with E-state index in [1.165, 1.54) is 0 Å². The molecule has 0 fully saturated rings. The molecule has 94 valence electrons. The van der Waals surface area contributed by atoms with Gasteiger partial charge in [-0.2, -0.15) is 0 Å². The number of pyridine rings is 1. The summed E-state index contributed by atoms with van der Waals surface area (Å²) in [5, 5.41) is 1.09. The van der Waals surface area contributed by atoms with Gasteiger partial charge in [-0.3, -0.25) is 4.98 Å². The van der Waals surface area contributed by atoms with Crippen LogP contribution in [0.5, 0.6) is 0 Å². The van der Waals surface area contributed by atoms with E-state index in [-0.39, 0.29) is 0 Å². The second-order valence-electron chi connectivity index (χ2n) is 4.36. The number of hydrogen-bond acceptors (Lipinski definition) is 4. The Morgan fingerprint density at radius 1 is 1.11 bits per heavy atom. The molecular weight excluding hydrogens is 236 g/mol. The molecule has 0 bridgehead atoms. The summed E-state index contributed by atoms with van der Waals surface area (Å²) < 4.78 is 0. The highest BCUT2D eigenvalue weighted by atomic mass is 14.9. The van der Waals surface area contributed by atoms with Gasteiger partial charge in [0.1, 0.15) is 11.6 Å². The smallest absolute Gasteiger partial charge is 0.131 e. The minimum absolute atomic E-state index is 0.508. The van der Waals surface area contributed by atoms with Crippen LogP contribution in [0.3, 0.4) is 0 Å². The number of nitrogens with zero attached hydrogens (tertiary/aromatic N) is 3. The van der Waals surface area contributed by atoms with Crippen LogP contribution in [0.25, 0.3) is 22.2 Å². The Morgan fingerprint density at radius 3 is 2.84 bits per heavy atom. The largest absolute Gasteiger partial charge is 0.384 e. The van der Waals surface area contributed by atoms with Crippen molar-refractivity contribution in [3.63, 3.8) is 0 Å². The highest BCUT2D eigenvalue weighted by Gasteiger charge is 2.05. The van der Waals surface area contributed by atoms with Crippen molar-refractivity contribution in [1.82, 2.24) is 15.0 Å². The SMILES string of the molecule is CCc1nc(N)cc(-c2ccc3ncccc3c2)n1. The molecule has 19 heavy (non-hydrogen) atoms. The average molecular weight is 250 g/mol. The summed E-state index contributed by atoms with van der Waals surface area (Å²) in [5.74, 6) is 1.27. The second-order valence-corrected chi connectivity index (χ2v) is 4.36. The summed E-state index contributed by atoms with van der Waals surface area (Å²) in [6, 6.07) is 11.8. The third kappa shape index (κ3) is 2.25. The quantitative estimate of drug-likeness (QED) is 0.759. The lowest BCUT2D eigenvalue weighted by Crippen LogP contribution is -2.00. The molecule has 3 rings (SSSR count). The second kappa shape index (κ2) is 4.65. The molecular formula is C15H14N4. The highest BCUT2D eigenvalue weighted by molar-refractivity contribution is 5.83. The molecule has 4 nitrogen and oxygen atoms in total. The summed E-state index contributed by atoms with van der Waals surface area (Å²) in [5.41, 5.74) is 8.69. The lowest BCUT2D eigenvalue weighted by atomic mass is 10.1. The minimum Gasteiger partial charge on any atom is -0.384 e. The maximum absolute atomic E-state index is 5.82. The van der Waals surface area contributed by atoms with E-state index in [0.29, 0.717) is 5.82 Å². The van der Waals surface area contributed by atoms with Crippen LogP contribution in [0.15, 0.2) is 42.6 Å². The van der Waals surface area contributed by atoms with Crippen LogP contribution >= 0.6 is 0 Å². The molecule has 0 unspecified atom stereocenters. The maximum Gasteiger partial charge on any atom is 0.131 e. The Balaban J connectivity index is 2.15. The van der Waals surface area contributed by atoms with Crippen LogP contribution in [-0.2, 0) is 6.42 Å². The van der Waals surface area contributed by atoms with E-state index in [1.807, 2.05) is 31.2 Å². The molecule has 0 aliphatic carbocycles. The normalized spacial score (nSPS) is 10.8. The fourth-order valence-electron chi connectivity index (χ4n) is 2.06. The molecule has 0 amide bonds. The van der Waals surface area contributed by atoms with Crippen LogP contribution in [0.2, 0.25) is 0 Å². The van der Waals surface area contributed by atoms with Gasteiger partial charge in [-0.25, -0.2) is 9.97 Å². The molecule has 0 saturated heterocycles. The number of nitrogens with two attached hydrogens (primary N) is 1. The van der Waals surface area contributed by atoms with Gasteiger partial charge in [-0.1, -0.05) is 19.1 Å². The van der Waals surface area contributed by atoms with Crippen LogP contribution in [0, 0.1) is 0 Å². The molecule has 3 aromatic rings. The first-order chi connectivity index (χ1) is 9.26. The Labute approximate surface area is 111 Å². The zero-order chi connectivity index (χ0) is 13.2. The molecule has 0 aliphatic rings. The third-order valence-electron chi connectivity index (χ3n) is 3.01. The van der Waals surface area contributed by atoms with E-state index in [0.717, 1.165) is 34.4 Å². The topological polar surface area (TPSA) is 64.7 Å². The van der Waals surface area contributed by atoms with Crippen molar-refractivity contribution in [2.45, 2.75) is 13.3 Å². The zero-order valence-corrected chi connectivity index (χ0v) is 10.7. The van der Waals surface area contributed by atoms with Crippen molar-refractivity contribution in [3.8, 4) is 11.3 Å². The fraction of sp³-hybridized carbons (Fsp3) is 0.133. The number of rotatable bonds is 2. The van der Waals surface area contributed by atoms with Crippen molar-refractivity contribution >= 4 is 16.7 Å². The van der Waals surface area contributed by atoms with Gasteiger partial charge in [0.05, 0.1) is 11.2 Å². The summed E-state index contributed by atoms with van der Waals surface area (Å²) >= 11 is 0. The van der Waals surface area contributed by atoms with E-state index in [2.05, 4.69) is 21.0 Å². The first kappa shape index (κ1) is 11.6. The number of aryl methyl sites for hydroxylation is 1. The van der Waals surface area contributed by atoms with Gasteiger partial charge in [-0.15, -0.1) is 0 Å². The van der Waals surface area contributed by atoms with Crippen molar-refractivity contribution < 1.29 is 0 Å². The zero-order valence-electron chi connectivity index (χ0n) is 10.7. The molecule has 4 heteroatoms. The van der Waals surface area contributed by atoms with Crippen molar-refractivity contribution in [2.24, 2.45) is 0 Å². The van der Waals surface area contributed by atoms with Crippen LogP contribution in [0.1, 0.15) is 12.7 Å². The third-order valence-corrected chi connectivity index (χ3v) is 3.01. The number of nitrogen functional groups attached to an aromatic ring is 1. The lowest BCUT2D eigenvalue weighted by Gasteiger charge is -2.06. The summed E-state index contributed by atoms with van der Waals surface area (Å²) in [7, 11) is 0. The number of hydrogen-bond donors (Lipinski definition) is 1. The number of anilines is 1. The molecule has 2 heterocycles. The van der Waals surface area contributed by atoms with E-state index >= 15 is 0 Å². The van der Waals surface area contributed by atoms with Gasteiger partial charge < -0.3 is 5.73 Å². The maximum atomic E-state index is 5.82. The molecule has 2 N–H and O–H groups in total. The van der Waals surface area contributed by atoms with Gasteiger partial charge in [0.2, 0.25) is 0 Å². The predicted octanol–water partition coefficient (Wildman–Crippen LogP) is 2.84. The highest BCUT2D eigenvalue weighted by Crippen LogP contribution is 2.23. The van der Waals surface area contributed by atoms with Crippen LogP contribution < -0.4 is 5.73 Å². The first-order valence-corrected chi connectivity index (χ1v) is 6.25. The molecule has 0 aliphatic heterocycles. The Hall–Kier alpha value is -2.49. The minimum atomic E-state index is 0.508. The van der Waals surface area contributed by atoms with Gasteiger partial charge in [0.15, 0.2) is 0 Å². The van der Waals surface area contributed by atoms with E-state index < -0.39 is 0 Å². The van der Waals surface area contributed by atoms with Crippen molar-refractivity contribution in [1.29, 1.82) is 0 Å². The summed E-state index contributed by atoms with van der Waals surface area (Å²) in [6.45, 7) is 2.02. The standard InChI is InChI=1S/C15H14N4/c1-2-15-18-13(9-14(16)19-15)11-5-6-12-10(8-11)4-3-7-17-12/h3-9H,2H2,1H3,(H2,16,18,19). The van der Waals surface area contributed by atoms with E-state index in [9.17, 15) is 0 Å². The Morgan fingerprint density at radius 2 is 2.00 bits per heavy atom. The molecule has 0 saturated carbocycles.